The first-order valence-corrected chi connectivity index (χ1v) is 4.19. The van der Waals surface area contributed by atoms with E-state index < -0.39 is 0 Å². The molecule has 60 valence electrons. The number of hydrogen-bond donors (Lipinski definition) is 0. The lowest BCUT2D eigenvalue weighted by molar-refractivity contribution is 0.823. The molecule has 1 nitrogen and oxygen atoms in total. The zero-order chi connectivity index (χ0) is 8.43. The van der Waals surface area contributed by atoms with Crippen molar-refractivity contribution in [3.8, 4) is 0 Å². The Morgan fingerprint density at radius 2 is 1.91 bits per heavy atom. The molecule has 1 rings (SSSR count). The van der Waals surface area contributed by atoms with E-state index in [2.05, 4.69) is 18.8 Å². The molecule has 0 atom stereocenters. The molecule has 0 bridgehead atoms. The highest BCUT2D eigenvalue weighted by Crippen LogP contribution is 2.22. The summed E-state index contributed by atoms with van der Waals surface area (Å²) in [6.45, 7) is 4.12. The van der Waals surface area contributed by atoms with Gasteiger partial charge in [-0.05, 0) is 18.1 Å². The van der Waals surface area contributed by atoms with Crippen LogP contribution in [0.5, 0.6) is 0 Å². The van der Waals surface area contributed by atoms with Crippen molar-refractivity contribution in [3.05, 3.63) is 28.0 Å². The molecule has 0 aliphatic heterocycles. The number of hydrogen-bond acceptors (Lipinski definition) is 1. The van der Waals surface area contributed by atoms with Crippen LogP contribution in [0.3, 0.4) is 0 Å². The molecule has 0 saturated heterocycles. The lowest BCUT2D eigenvalue weighted by atomic mass is 10.1. The lowest BCUT2D eigenvalue weighted by Crippen LogP contribution is -1.91. The molecule has 0 unspecified atom stereocenters. The Morgan fingerprint density at radius 3 is 2.36 bits per heavy atom. The van der Waals surface area contributed by atoms with Crippen LogP contribution in [0.4, 0.5) is 0 Å². The molecule has 0 spiro atoms. The van der Waals surface area contributed by atoms with Crippen LogP contribution in [-0.2, 0) is 0 Å². The molecule has 0 aliphatic carbocycles. The first-order valence-electron chi connectivity index (χ1n) is 3.43. The second-order valence-electron chi connectivity index (χ2n) is 2.66. The van der Waals surface area contributed by atoms with Crippen LogP contribution >= 0.6 is 23.2 Å². The third kappa shape index (κ3) is 2.08. The zero-order valence-corrected chi connectivity index (χ0v) is 7.95. The van der Waals surface area contributed by atoms with E-state index in [-0.39, 0.29) is 0 Å². The maximum Gasteiger partial charge on any atom is 0.147 e. The van der Waals surface area contributed by atoms with Crippen LogP contribution < -0.4 is 0 Å². The van der Waals surface area contributed by atoms with E-state index in [9.17, 15) is 0 Å². The molecule has 0 amide bonds. The number of nitrogens with zero attached hydrogens (tertiary/aromatic N) is 1. The fourth-order valence-corrected chi connectivity index (χ4v) is 1.02. The van der Waals surface area contributed by atoms with Gasteiger partial charge in [-0.2, -0.15) is 0 Å². The Hall–Kier alpha value is -0.270. The van der Waals surface area contributed by atoms with Crippen LogP contribution in [0.15, 0.2) is 12.1 Å². The van der Waals surface area contributed by atoms with Crippen LogP contribution in [-0.4, -0.2) is 4.98 Å². The number of rotatable bonds is 1. The lowest BCUT2D eigenvalue weighted by Gasteiger charge is -2.04. The molecule has 3 heteroatoms. The molecule has 0 saturated carbocycles. The van der Waals surface area contributed by atoms with E-state index in [0.717, 1.165) is 5.69 Å². The van der Waals surface area contributed by atoms with Gasteiger partial charge in [0.15, 0.2) is 0 Å². The molecule has 1 aromatic rings. The molecule has 0 N–H and O–H groups in total. The van der Waals surface area contributed by atoms with E-state index in [4.69, 9.17) is 23.2 Å². The smallest absolute Gasteiger partial charge is 0.147 e. The Kier molecular flexibility index (Phi) is 2.74. The molecular weight excluding hydrogens is 181 g/mol. The summed E-state index contributed by atoms with van der Waals surface area (Å²) in [6.07, 6.45) is 0. The van der Waals surface area contributed by atoms with Crippen LogP contribution in [0.2, 0.25) is 10.2 Å². The van der Waals surface area contributed by atoms with Gasteiger partial charge in [-0.15, -0.1) is 0 Å². The summed E-state index contributed by atoms with van der Waals surface area (Å²) in [5, 5.41) is 0.897. The van der Waals surface area contributed by atoms with Gasteiger partial charge in [0.25, 0.3) is 0 Å². The highest BCUT2D eigenvalue weighted by Gasteiger charge is 2.03. The van der Waals surface area contributed by atoms with E-state index in [0.29, 0.717) is 16.1 Å². The van der Waals surface area contributed by atoms with Gasteiger partial charge in [-0.1, -0.05) is 37.0 Å². The van der Waals surface area contributed by atoms with Crippen molar-refractivity contribution in [2.75, 3.05) is 0 Å². The Morgan fingerprint density at radius 1 is 1.27 bits per heavy atom. The average Bonchev–Trinajstić information content (AvgIpc) is 1.94. The van der Waals surface area contributed by atoms with Crippen LogP contribution in [0, 0.1) is 0 Å². The number of pyridine rings is 1. The normalized spacial score (nSPS) is 10.6. The predicted molar refractivity (Wildman–Crippen MR) is 48.3 cm³/mol. The Bertz CT molecular complexity index is 258. The average molecular weight is 190 g/mol. The van der Waals surface area contributed by atoms with Crippen LogP contribution in [0.25, 0.3) is 0 Å². The monoisotopic (exact) mass is 189 g/mol. The third-order valence-electron chi connectivity index (χ3n) is 1.42. The fourth-order valence-electron chi connectivity index (χ4n) is 0.753. The summed E-state index contributed by atoms with van der Waals surface area (Å²) in [7, 11) is 0. The van der Waals surface area contributed by atoms with E-state index in [1.807, 2.05) is 6.07 Å². The minimum atomic E-state index is 0.387. The minimum Gasteiger partial charge on any atom is -0.239 e. The highest BCUT2D eigenvalue weighted by atomic mass is 35.5. The molecule has 0 radical (unpaired) electrons. The van der Waals surface area contributed by atoms with Crippen molar-refractivity contribution in [1.82, 2.24) is 4.98 Å². The van der Waals surface area contributed by atoms with Gasteiger partial charge in [0, 0.05) is 5.69 Å². The highest BCUT2D eigenvalue weighted by molar-refractivity contribution is 6.41. The Balaban J connectivity index is 3.05. The van der Waals surface area contributed by atoms with Gasteiger partial charge in [0.1, 0.15) is 5.15 Å². The summed E-state index contributed by atoms with van der Waals surface area (Å²) in [5.74, 6) is 0.393. The fraction of sp³-hybridized carbons (Fsp3) is 0.375. The topological polar surface area (TPSA) is 12.9 Å². The third-order valence-corrected chi connectivity index (χ3v) is 2.11. The summed E-state index contributed by atoms with van der Waals surface area (Å²) in [5.41, 5.74) is 0.972. The summed E-state index contributed by atoms with van der Waals surface area (Å²) >= 11 is 11.4. The summed E-state index contributed by atoms with van der Waals surface area (Å²) in [4.78, 5) is 4.11. The van der Waals surface area contributed by atoms with E-state index >= 15 is 0 Å². The Labute approximate surface area is 76.4 Å². The predicted octanol–water partition coefficient (Wildman–Crippen LogP) is 3.51. The van der Waals surface area contributed by atoms with Crippen molar-refractivity contribution < 1.29 is 0 Å². The van der Waals surface area contributed by atoms with E-state index in [1.54, 1.807) is 6.07 Å². The number of aromatic nitrogens is 1. The summed E-state index contributed by atoms with van der Waals surface area (Å²) < 4.78 is 0. The van der Waals surface area contributed by atoms with Crippen molar-refractivity contribution in [1.29, 1.82) is 0 Å². The van der Waals surface area contributed by atoms with Gasteiger partial charge in [-0.3, -0.25) is 0 Å². The molecule has 1 aromatic heterocycles. The SMILES string of the molecule is CC(C)c1ccc(Cl)c(Cl)n1. The van der Waals surface area contributed by atoms with Gasteiger partial charge >= 0.3 is 0 Å². The zero-order valence-electron chi connectivity index (χ0n) is 6.44. The van der Waals surface area contributed by atoms with Crippen molar-refractivity contribution in [3.63, 3.8) is 0 Å². The molecule has 0 aliphatic rings. The molecule has 0 aromatic carbocycles. The van der Waals surface area contributed by atoms with Gasteiger partial charge in [0.05, 0.1) is 5.02 Å². The van der Waals surface area contributed by atoms with Crippen LogP contribution in [0.1, 0.15) is 25.5 Å². The van der Waals surface area contributed by atoms with Crippen molar-refractivity contribution in [2.24, 2.45) is 0 Å². The van der Waals surface area contributed by atoms with Gasteiger partial charge < -0.3 is 0 Å². The standard InChI is InChI=1S/C8H9Cl2N/c1-5(2)7-4-3-6(9)8(10)11-7/h3-5H,1-2H3. The van der Waals surface area contributed by atoms with Crippen molar-refractivity contribution >= 4 is 23.2 Å². The first kappa shape index (κ1) is 8.82. The molecule has 0 fully saturated rings. The second-order valence-corrected chi connectivity index (χ2v) is 3.43. The number of halogens is 2. The van der Waals surface area contributed by atoms with E-state index in [1.165, 1.54) is 0 Å². The molecule has 1 heterocycles. The summed E-state index contributed by atoms with van der Waals surface area (Å²) in [6, 6.07) is 3.66. The van der Waals surface area contributed by atoms with Gasteiger partial charge in [0.2, 0.25) is 0 Å². The van der Waals surface area contributed by atoms with Gasteiger partial charge in [-0.25, -0.2) is 4.98 Å². The minimum absolute atomic E-state index is 0.387. The second kappa shape index (κ2) is 3.42. The largest absolute Gasteiger partial charge is 0.239 e. The van der Waals surface area contributed by atoms with Crippen molar-refractivity contribution in [2.45, 2.75) is 19.8 Å². The molecular formula is C8H9Cl2N. The maximum absolute atomic E-state index is 5.71. The maximum atomic E-state index is 5.71. The molecule has 11 heavy (non-hydrogen) atoms. The quantitative estimate of drug-likeness (QED) is 0.617. The first-order chi connectivity index (χ1) is 5.11.